The van der Waals surface area contributed by atoms with Crippen LogP contribution in [0, 0.1) is 6.92 Å². The Labute approximate surface area is 245 Å². The third kappa shape index (κ3) is 4.25. The summed E-state index contributed by atoms with van der Waals surface area (Å²) < 4.78 is 8.40. The van der Waals surface area contributed by atoms with Crippen molar-refractivity contribution in [1.29, 1.82) is 0 Å². The molecule has 0 fully saturated rings. The molecule has 0 unspecified atom stereocenters. The van der Waals surface area contributed by atoms with Gasteiger partial charge in [-0.2, -0.15) is 5.10 Å². The monoisotopic (exact) mass is 604 g/mol. The molecule has 2 aliphatic heterocycles. The van der Waals surface area contributed by atoms with Gasteiger partial charge in [0.15, 0.2) is 29.0 Å². The number of anilines is 2. The zero-order valence-electron chi connectivity index (χ0n) is 22.3. The Morgan fingerprint density at radius 3 is 2.44 bits per heavy atom. The number of aryl methyl sites for hydroxylation is 1. The number of nitrogens with zero attached hydrogens (tertiary/aromatic N) is 5. The third-order valence-electron chi connectivity index (χ3n) is 7.27. The number of phenols is 1. The Bertz CT molecular complexity index is 1850. The van der Waals surface area contributed by atoms with E-state index in [0.717, 1.165) is 49.9 Å². The number of hydrogen-bond donors (Lipinski definition) is 2. The fourth-order valence-electron chi connectivity index (χ4n) is 5.40. The molecule has 0 aliphatic carbocycles. The van der Waals surface area contributed by atoms with Crippen molar-refractivity contribution in [3.8, 4) is 17.2 Å². The second kappa shape index (κ2) is 9.94. The first-order valence-corrected chi connectivity index (χ1v) is 13.9. The van der Waals surface area contributed by atoms with E-state index in [0.29, 0.717) is 17.4 Å². The van der Waals surface area contributed by atoms with Crippen LogP contribution >= 0.6 is 15.9 Å². The summed E-state index contributed by atoms with van der Waals surface area (Å²) in [4.78, 5) is 12.5. The van der Waals surface area contributed by atoms with Gasteiger partial charge in [-0.3, -0.25) is 0 Å². The molecule has 0 saturated heterocycles. The number of methoxy groups -OCH3 is 1. The van der Waals surface area contributed by atoms with E-state index < -0.39 is 0 Å². The van der Waals surface area contributed by atoms with Crippen LogP contribution in [-0.4, -0.2) is 33.7 Å². The van der Waals surface area contributed by atoms with Gasteiger partial charge in [-0.1, -0.05) is 52.3 Å². The first-order chi connectivity index (χ1) is 20.0. The predicted octanol–water partition coefficient (Wildman–Crippen LogP) is 7.45. The fraction of sp³-hybridized carbons (Fsp3) is 0.0938. The number of phenolic OH excluding ortho intramolecular Hbond substituents is 1. The van der Waals surface area contributed by atoms with E-state index >= 15 is 0 Å². The molecule has 0 spiro atoms. The number of halogens is 1. The van der Waals surface area contributed by atoms with Crippen molar-refractivity contribution in [3.63, 3.8) is 0 Å². The molecule has 0 bridgehead atoms. The van der Waals surface area contributed by atoms with Crippen molar-refractivity contribution in [2.45, 2.75) is 13.0 Å². The molecule has 8 nitrogen and oxygen atoms in total. The molecule has 1 aromatic heterocycles. The van der Waals surface area contributed by atoms with Crippen LogP contribution in [0.2, 0.25) is 0 Å². The number of aromatic hydroxyl groups is 1. The largest absolute Gasteiger partial charge is 0.504 e. The van der Waals surface area contributed by atoms with Gasteiger partial charge < -0.3 is 20.1 Å². The van der Waals surface area contributed by atoms with E-state index in [1.807, 2.05) is 96.5 Å². The SMILES string of the molecule is COc1cc([C@H]2c3c(C)nn(-c4ccccc4)c3N=C3C(Nc4ccc(Br)cc4)=Nc4ccccc4N32)ccc1O. The zero-order valence-corrected chi connectivity index (χ0v) is 23.9. The third-order valence-corrected chi connectivity index (χ3v) is 7.79. The van der Waals surface area contributed by atoms with Gasteiger partial charge in [-0.25, -0.2) is 14.7 Å². The highest BCUT2D eigenvalue weighted by Gasteiger charge is 2.41. The lowest BCUT2D eigenvalue weighted by atomic mass is 9.93. The molecule has 2 N–H and O–H groups in total. The quantitative estimate of drug-likeness (QED) is 0.222. The van der Waals surface area contributed by atoms with Crippen LogP contribution in [0.4, 0.5) is 22.9 Å². The number of benzene rings is 4. The Morgan fingerprint density at radius 1 is 0.902 bits per heavy atom. The van der Waals surface area contributed by atoms with Gasteiger partial charge in [0.1, 0.15) is 0 Å². The summed E-state index contributed by atoms with van der Waals surface area (Å²) in [7, 11) is 1.56. The smallest absolute Gasteiger partial charge is 0.179 e. The average molecular weight is 605 g/mol. The standard InChI is InChI=1S/C32H25BrN6O2/c1-19-28-29(20-12-17-26(40)27(18-20)41-2)38-25-11-7-6-10-24(25)35-30(34-22-15-13-21(33)14-16-22)32(38)36-31(28)39(37-19)23-8-4-3-5-9-23/h3-18,29,40H,1-2H3,(H,34,35)/t29-/m0/s1. The Balaban J connectivity index is 1.50. The maximum atomic E-state index is 10.4. The number of ether oxygens (including phenoxy) is 1. The normalized spacial score (nSPS) is 15.3. The maximum absolute atomic E-state index is 10.4. The number of nitrogens with one attached hydrogen (secondary N) is 1. The summed E-state index contributed by atoms with van der Waals surface area (Å²) in [5.74, 6) is 2.48. The van der Waals surface area contributed by atoms with Crippen LogP contribution in [-0.2, 0) is 0 Å². The lowest BCUT2D eigenvalue weighted by Gasteiger charge is -2.40. The van der Waals surface area contributed by atoms with Crippen LogP contribution in [0.5, 0.6) is 11.5 Å². The number of amidine groups is 2. The van der Waals surface area contributed by atoms with E-state index in [1.54, 1.807) is 13.2 Å². The number of aliphatic imine (C=N–C) groups is 2. The second-order valence-electron chi connectivity index (χ2n) is 9.79. The van der Waals surface area contributed by atoms with Crippen molar-refractivity contribution in [3.05, 3.63) is 118 Å². The summed E-state index contributed by atoms with van der Waals surface area (Å²) in [6.07, 6.45) is 0. The molecular formula is C32H25BrN6O2. The highest BCUT2D eigenvalue weighted by atomic mass is 79.9. The number of fused-ring (bicyclic) bond motifs is 4. The minimum Gasteiger partial charge on any atom is -0.504 e. The topological polar surface area (TPSA) is 87.3 Å². The number of para-hydroxylation sites is 3. The fourth-order valence-corrected chi connectivity index (χ4v) is 5.66. The Morgan fingerprint density at radius 2 is 1.66 bits per heavy atom. The van der Waals surface area contributed by atoms with Crippen LogP contribution < -0.4 is 15.0 Å². The molecule has 7 rings (SSSR count). The first-order valence-electron chi connectivity index (χ1n) is 13.1. The molecule has 0 saturated carbocycles. The molecule has 2 aliphatic rings. The van der Waals surface area contributed by atoms with E-state index in [-0.39, 0.29) is 11.8 Å². The molecular weight excluding hydrogens is 580 g/mol. The highest BCUT2D eigenvalue weighted by molar-refractivity contribution is 9.10. The number of hydrogen-bond acceptors (Lipinski definition) is 7. The van der Waals surface area contributed by atoms with Gasteiger partial charge in [0.25, 0.3) is 0 Å². The zero-order chi connectivity index (χ0) is 28.1. The van der Waals surface area contributed by atoms with E-state index in [4.69, 9.17) is 19.8 Å². The Kier molecular flexibility index (Phi) is 6.09. The molecule has 0 radical (unpaired) electrons. The summed E-state index contributed by atoms with van der Waals surface area (Å²) in [6.45, 7) is 2.01. The molecule has 3 heterocycles. The van der Waals surface area contributed by atoms with Crippen molar-refractivity contribution in [1.82, 2.24) is 9.78 Å². The van der Waals surface area contributed by atoms with Crippen molar-refractivity contribution in [2.24, 2.45) is 9.98 Å². The first kappa shape index (κ1) is 25.1. The molecule has 9 heteroatoms. The van der Waals surface area contributed by atoms with Crippen LogP contribution in [0.25, 0.3) is 5.69 Å². The summed E-state index contributed by atoms with van der Waals surface area (Å²) in [5.41, 5.74) is 6.27. The van der Waals surface area contributed by atoms with Gasteiger partial charge >= 0.3 is 0 Å². The van der Waals surface area contributed by atoms with Gasteiger partial charge in [-0.05, 0) is 73.2 Å². The number of aromatic nitrogens is 2. The maximum Gasteiger partial charge on any atom is 0.179 e. The molecule has 1 atom stereocenters. The summed E-state index contributed by atoms with van der Waals surface area (Å²) in [5, 5.41) is 18.9. The van der Waals surface area contributed by atoms with Crippen LogP contribution in [0.1, 0.15) is 22.9 Å². The van der Waals surface area contributed by atoms with Crippen molar-refractivity contribution in [2.75, 3.05) is 17.3 Å². The van der Waals surface area contributed by atoms with Gasteiger partial charge in [0.2, 0.25) is 0 Å². The molecule has 0 amide bonds. The minimum absolute atomic E-state index is 0.0797. The lowest BCUT2D eigenvalue weighted by Crippen LogP contribution is -2.46. The van der Waals surface area contributed by atoms with Crippen molar-refractivity contribution >= 4 is 50.5 Å². The molecule has 5 aromatic rings. The van der Waals surface area contributed by atoms with E-state index in [9.17, 15) is 5.11 Å². The predicted molar refractivity (Wildman–Crippen MR) is 166 cm³/mol. The van der Waals surface area contributed by atoms with Crippen LogP contribution in [0.3, 0.4) is 0 Å². The molecule has 41 heavy (non-hydrogen) atoms. The van der Waals surface area contributed by atoms with Gasteiger partial charge in [-0.15, -0.1) is 0 Å². The molecule has 4 aromatic carbocycles. The van der Waals surface area contributed by atoms with E-state index in [1.165, 1.54) is 0 Å². The number of rotatable bonds is 4. The van der Waals surface area contributed by atoms with Crippen molar-refractivity contribution < 1.29 is 9.84 Å². The highest BCUT2D eigenvalue weighted by Crippen LogP contribution is 2.49. The second-order valence-corrected chi connectivity index (χ2v) is 10.7. The Hall–Kier alpha value is -4.89. The summed E-state index contributed by atoms with van der Waals surface area (Å²) in [6, 6.07) is 31.1. The minimum atomic E-state index is -0.331. The van der Waals surface area contributed by atoms with E-state index in [2.05, 4.69) is 32.2 Å². The van der Waals surface area contributed by atoms with Gasteiger partial charge in [0.05, 0.1) is 35.9 Å². The lowest BCUT2D eigenvalue weighted by molar-refractivity contribution is 0.372. The average Bonchev–Trinajstić information content (AvgIpc) is 3.34. The summed E-state index contributed by atoms with van der Waals surface area (Å²) >= 11 is 3.52. The molecule has 202 valence electrons. The van der Waals surface area contributed by atoms with Crippen LogP contribution in [0.15, 0.2) is 112 Å². The van der Waals surface area contributed by atoms with Gasteiger partial charge in [0, 0.05) is 15.7 Å².